The predicted molar refractivity (Wildman–Crippen MR) is 106 cm³/mol. The van der Waals surface area contributed by atoms with Crippen molar-refractivity contribution in [2.45, 2.75) is 44.6 Å². The molecule has 0 radical (unpaired) electrons. The molecule has 1 aromatic heterocycles. The van der Waals surface area contributed by atoms with Gasteiger partial charge in [0.2, 0.25) is 11.8 Å². The minimum Gasteiger partial charge on any atom is -0.492 e. The Morgan fingerprint density at radius 2 is 2.10 bits per heavy atom. The summed E-state index contributed by atoms with van der Waals surface area (Å²) in [6.07, 6.45) is 2.78. The van der Waals surface area contributed by atoms with Crippen molar-refractivity contribution >= 4 is 17.7 Å². The number of carbonyl (C=O) groups is 2. The van der Waals surface area contributed by atoms with Crippen molar-refractivity contribution < 1.29 is 24.2 Å². The fourth-order valence-corrected chi connectivity index (χ4v) is 3.63. The van der Waals surface area contributed by atoms with E-state index in [1.54, 1.807) is 19.1 Å². The maximum Gasteiger partial charge on any atom is 0.405 e. The first-order valence-electron chi connectivity index (χ1n) is 9.63. The molecular weight excluding hydrogens is 374 g/mol. The first-order valence-corrected chi connectivity index (χ1v) is 9.63. The Hall–Kier alpha value is -3.29. The van der Waals surface area contributed by atoms with Crippen molar-refractivity contribution in [3.05, 3.63) is 41.6 Å². The first kappa shape index (κ1) is 19.0. The number of ether oxygens (including phenoxy) is 2. The van der Waals surface area contributed by atoms with Crippen LogP contribution in [0.5, 0.6) is 17.4 Å². The SMILES string of the molecule is CCC(NC(=O)O)C(=O)Nc1ccc(Oc2ccc(C)c3c2C2(CC2)CO3)nc1. The summed E-state index contributed by atoms with van der Waals surface area (Å²) in [6, 6.07) is 6.44. The average molecular weight is 397 g/mol. The van der Waals surface area contributed by atoms with Gasteiger partial charge in [0.15, 0.2) is 0 Å². The number of nitrogens with zero attached hydrogens (tertiary/aromatic N) is 1. The molecule has 1 atom stereocenters. The Bertz CT molecular complexity index is 954. The molecule has 2 aliphatic rings. The van der Waals surface area contributed by atoms with Gasteiger partial charge in [0.25, 0.3) is 0 Å². The fourth-order valence-electron chi connectivity index (χ4n) is 3.63. The molecule has 2 amide bonds. The molecule has 1 unspecified atom stereocenters. The van der Waals surface area contributed by atoms with Crippen LogP contribution in [0.3, 0.4) is 0 Å². The second kappa shape index (κ2) is 7.27. The minimum atomic E-state index is -1.24. The van der Waals surface area contributed by atoms with E-state index in [4.69, 9.17) is 14.6 Å². The molecule has 1 aromatic carbocycles. The van der Waals surface area contributed by atoms with Gasteiger partial charge in [0.05, 0.1) is 18.5 Å². The molecule has 8 heteroatoms. The highest BCUT2D eigenvalue weighted by molar-refractivity contribution is 5.96. The normalized spacial score (nSPS) is 16.5. The lowest BCUT2D eigenvalue weighted by molar-refractivity contribution is -0.118. The molecule has 1 aliphatic heterocycles. The van der Waals surface area contributed by atoms with E-state index in [9.17, 15) is 9.59 Å². The topological polar surface area (TPSA) is 110 Å². The standard InChI is InChI=1S/C21H23N3O5/c1-3-14(24-20(26)27)19(25)23-13-5-7-16(22-10-13)29-15-6-4-12(2)18-17(15)21(8-9-21)11-28-18/h4-7,10,14,24H,3,8-9,11H2,1-2H3,(H,23,25)(H,26,27). The number of benzene rings is 1. The van der Waals surface area contributed by atoms with Crippen molar-refractivity contribution in [2.24, 2.45) is 0 Å². The van der Waals surface area contributed by atoms with E-state index in [2.05, 4.69) is 15.6 Å². The van der Waals surface area contributed by atoms with E-state index in [1.165, 1.54) is 6.20 Å². The Balaban J connectivity index is 1.47. The molecule has 1 aliphatic carbocycles. The number of amides is 2. The summed E-state index contributed by atoms with van der Waals surface area (Å²) in [5.41, 5.74) is 2.77. The van der Waals surface area contributed by atoms with E-state index >= 15 is 0 Å². The first-order chi connectivity index (χ1) is 13.9. The second-order valence-corrected chi connectivity index (χ2v) is 7.54. The molecule has 1 fully saturated rings. The molecule has 4 rings (SSSR count). The van der Waals surface area contributed by atoms with Gasteiger partial charge in [-0.1, -0.05) is 13.0 Å². The highest BCUT2D eigenvalue weighted by Gasteiger charge is 2.53. The van der Waals surface area contributed by atoms with Crippen LogP contribution in [0.2, 0.25) is 0 Å². The maximum absolute atomic E-state index is 12.2. The summed E-state index contributed by atoms with van der Waals surface area (Å²) in [4.78, 5) is 27.2. The lowest BCUT2D eigenvalue weighted by atomic mass is 9.95. The summed E-state index contributed by atoms with van der Waals surface area (Å²) in [6.45, 7) is 4.46. The van der Waals surface area contributed by atoms with E-state index in [0.29, 0.717) is 24.6 Å². The number of rotatable bonds is 6. The summed E-state index contributed by atoms with van der Waals surface area (Å²) < 4.78 is 12.0. The lowest BCUT2D eigenvalue weighted by Gasteiger charge is -2.15. The Morgan fingerprint density at radius 1 is 1.31 bits per heavy atom. The van der Waals surface area contributed by atoms with Crippen LogP contribution in [-0.2, 0) is 10.2 Å². The van der Waals surface area contributed by atoms with Crippen LogP contribution < -0.4 is 20.1 Å². The van der Waals surface area contributed by atoms with E-state index in [0.717, 1.165) is 35.5 Å². The number of anilines is 1. The number of hydrogen-bond donors (Lipinski definition) is 3. The monoisotopic (exact) mass is 397 g/mol. The Morgan fingerprint density at radius 3 is 2.72 bits per heavy atom. The summed E-state index contributed by atoms with van der Waals surface area (Å²) >= 11 is 0. The van der Waals surface area contributed by atoms with Crippen LogP contribution >= 0.6 is 0 Å². The van der Waals surface area contributed by atoms with Crippen molar-refractivity contribution in [2.75, 3.05) is 11.9 Å². The molecule has 0 bridgehead atoms. The third-order valence-electron chi connectivity index (χ3n) is 5.43. The molecule has 29 heavy (non-hydrogen) atoms. The maximum atomic E-state index is 12.2. The zero-order chi connectivity index (χ0) is 20.6. The number of hydrogen-bond acceptors (Lipinski definition) is 5. The highest BCUT2D eigenvalue weighted by atomic mass is 16.5. The van der Waals surface area contributed by atoms with Crippen molar-refractivity contribution in [3.8, 4) is 17.4 Å². The van der Waals surface area contributed by atoms with Gasteiger partial charge < -0.3 is 25.2 Å². The lowest BCUT2D eigenvalue weighted by Crippen LogP contribution is -2.42. The third-order valence-corrected chi connectivity index (χ3v) is 5.43. The molecule has 0 saturated heterocycles. The van der Waals surface area contributed by atoms with E-state index in [1.807, 2.05) is 19.1 Å². The average Bonchev–Trinajstić information content (AvgIpc) is 3.37. The third kappa shape index (κ3) is 3.70. The summed E-state index contributed by atoms with van der Waals surface area (Å²) in [7, 11) is 0. The second-order valence-electron chi connectivity index (χ2n) is 7.54. The van der Waals surface area contributed by atoms with Crippen LogP contribution in [0.1, 0.15) is 37.3 Å². The fraction of sp³-hybridized carbons (Fsp3) is 0.381. The van der Waals surface area contributed by atoms with Gasteiger partial charge in [-0.3, -0.25) is 4.79 Å². The molecule has 8 nitrogen and oxygen atoms in total. The number of carbonyl (C=O) groups excluding carboxylic acids is 1. The molecule has 1 saturated carbocycles. The minimum absolute atomic E-state index is 0.0803. The van der Waals surface area contributed by atoms with Crippen molar-refractivity contribution in [1.82, 2.24) is 10.3 Å². The van der Waals surface area contributed by atoms with Crippen LogP contribution in [0.25, 0.3) is 0 Å². The van der Waals surface area contributed by atoms with Crippen LogP contribution in [0.4, 0.5) is 10.5 Å². The number of carboxylic acid groups (broad SMARTS) is 1. The largest absolute Gasteiger partial charge is 0.492 e. The van der Waals surface area contributed by atoms with Gasteiger partial charge in [-0.05, 0) is 43.9 Å². The van der Waals surface area contributed by atoms with Crippen molar-refractivity contribution in [1.29, 1.82) is 0 Å². The number of aromatic nitrogens is 1. The Labute approximate surface area is 168 Å². The number of nitrogens with one attached hydrogen (secondary N) is 2. The Kier molecular flexibility index (Phi) is 4.77. The van der Waals surface area contributed by atoms with Crippen LogP contribution in [0.15, 0.2) is 30.5 Å². The molecular formula is C21H23N3O5. The molecule has 2 heterocycles. The molecule has 3 N–H and O–H groups in total. The van der Waals surface area contributed by atoms with E-state index < -0.39 is 18.0 Å². The van der Waals surface area contributed by atoms with E-state index in [-0.39, 0.29) is 5.41 Å². The molecule has 2 aromatic rings. The van der Waals surface area contributed by atoms with Gasteiger partial charge in [-0.2, -0.15) is 0 Å². The number of aryl methyl sites for hydroxylation is 1. The zero-order valence-electron chi connectivity index (χ0n) is 16.3. The quantitative estimate of drug-likeness (QED) is 0.687. The van der Waals surface area contributed by atoms with Gasteiger partial charge in [0, 0.05) is 17.0 Å². The summed E-state index contributed by atoms with van der Waals surface area (Å²) in [5, 5.41) is 13.6. The van der Waals surface area contributed by atoms with Gasteiger partial charge >= 0.3 is 6.09 Å². The zero-order valence-corrected chi connectivity index (χ0v) is 16.3. The summed E-state index contributed by atoms with van der Waals surface area (Å²) in [5.74, 6) is 1.64. The number of pyridine rings is 1. The van der Waals surface area contributed by atoms with Gasteiger partial charge in [-0.15, -0.1) is 0 Å². The van der Waals surface area contributed by atoms with Crippen molar-refractivity contribution in [3.63, 3.8) is 0 Å². The van der Waals surface area contributed by atoms with Crippen LogP contribution in [0, 0.1) is 6.92 Å². The predicted octanol–water partition coefficient (Wildman–Crippen LogP) is 3.59. The molecule has 152 valence electrons. The number of fused-ring (bicyclic) bond motifs is 2. The van der Waals surface area contributed by atoms with Gasteiger partial charge in [0.1, 0.15) is 17.5 Å². The van der Waals surface area contributed by atoms with Crippen LogP contribution in [-0.4, -0.2) is 34.7 Å². The smallest absolute Gasteiger partial charge is 0.405 e. The van der Waals surface area contributed by atoms with Gasteiger partial charge in [-0.25, -0.2) is 9.78 Å². The molecule has 1 spiro atoms. The highest BCUT2D eigenvalue weighted by Crippen LogP contribution is 2.59.